The van der Waals surface area contributed by atoms with Gasteiger partial charge in [0.2, 0.25) is 0 Å². The molecule has 15 heavy (non-hydrogen) atoms. The Hall–Kier alpha value is -1.97. The number of nitrogens with one attached hydrogen (secondary N) is 4. The fraction of sp³-hybridized carbons (Fsp3) is 0.182. The van der Waals surface area contributed by atoms with Crippen molar-refractivity contribution in [3.63, 3.8) is 0 Å². The molecule has 1 aliphatic heterocycles. The molecule has 1 aliphatic rings. The Morgan fingerprint density at radius 3 is 3.00 bits per heavy atom. The molecule has 0 spiro atoms. The number of hydrogen-bond donors (Lipinski definition) is 4. The molecule has 1 heterocycles. The van der Waals surface area contributed by atoms with Crippen LogP contribution in [0.25, 0.3) is 6.08 Å². The molecule has 0 aromatic heterocycles. The summed E-state index contributed by atoms with van der Waals surface area (Å²) in [7, 11) is 1.72. The van der Waals surface area contributed by atoms with E-state index in [2.05, 4.69) is 22.0 Å². The molecule has 1 aromatic carbocycles. The molecule has 78 valence electrons. The average molecular weight is 202 g/mol. The first-order chi connectivity index (χ1) is 7.29. The number of guanidine groups is 1. The van der Waals surface area contributed by atoms with Crippen molar-refractivity contribution in [3.05, 3.63) is 35.5 Å². The molecule has 0 unspecified atom stereocenters. The first-order valence-corrected chi connectivity index (χ1v) is 4.86. The third-order valence-corrected chi connectivity index (χ3v) is 2.30. The summed E-state index contributed by atoms with van der Waals surface area (Å²) in [6, 6.07) is 8.11. The van der Waals surface area contributed by atoms with E-state index in [4.69, 9.17) is 5.41 Å². The Kier molecular flexibility index (Phi) is 2.58. The van der Waals surface area contributed by atoms with Gasteiger partial charge >= 0.3 is 0 Å². The van der Waals surface area contributed by atoms with E-state index in [1.54, 1.807) is 7.05 Å². The molecule has 4 heteroatoms. The maximum absolute atomic E-state index is 7.47. The summed E-state index contributed by atoms with van der Waals surface area (Å²) in [4.78, 5) is 0. The SMILES string of the molecule is CNC(=N)NC1=Cc2ccccc2NC1. The van der Waals surface area contributed by atoms with Crippen molar-refractivity contribution in [2.75, 3.05) is 18.9 Å². The van der Waals surface area contributed by atoms with Crippen LogP contribution >= 0.6 is 0 Å². The van der Waals surface area contributed by atoms with Crippen molar-refractivity contribution in [3.8, 4) is 0 Å². The zero-order valence-electron chi connectivity index (χ0n) is 8.59. The quantitative estimate of drug-likeness (QED) is 0.409. The molecular formula is C11H14N4. The third-order valence-electron chi connectivity index (χ3n) is 2.30. The second-order valence-corrected chi connectivity index (χ2v) is 3.36. The minimum absolute atomic E-state index is 0.308. The zero-order chi connectivity index (χ0) is 10.7. The van der Waals surface area contributed by atoms with E-state index >= 15 is 0 Å². The predicted octanol–water partition coefficient (Wildman–Crippen LogP) is 1.20. The molecule has 0 amide bonds. The van der Waals surface area contributed by atoms with E-state index in [0.717, 1.165) is 23.5 Å². The number of para-hydroxylation sites is 1. The van der Waals surface area contributed by atoms with Gasteiger partial charge in [-0.15, -0.1) is 0 Å². The first kappa shape index (κ1) is 9.58. The summed E-state index contributed by atoms with van der Waals surface area (Å²) >= 11 is 0. The lowest BCUT2D eigenvalue weighted by Gasteiger charge is -2.19. The Bertz CT molecular complexity index is 409. The van der Waals surface area contributed by atoms with Gasteiger partial charge in [0.05, 0.1) is 6.54 Å². The van der Waals surface area contributed by atoms with Gasteiger partial charge in [-0.3, -0.25) is 5.41 Å². The molecule has 4 nitrogen and oxygen atoms in total. The van der Waals surface area contributed by atoms with Crippen molar-refractivity contribution in [2.45, 2.75) is 0 Å². The van der Waals surface area contributed by atoms with Gasteiger partial charge in [-0.2, -0.15) is 0 Å². The van der Waals surface area contributed by atoms with E-state index in [9.17, 15) is 0 Å². The lowest BCUT2D eigenvalue weighted by Crippen LogP contribution is -2.35. The second-order valence-electron chi connectivity index (χ2n) is 3.36. The lowest BCUT2D eigenvalue weighted by molar-refractivity contribution is 0.965. The molecule has 0 saturated carbocycles. The molecule has 4 N–H and O–H groups in total. The molecule has 0 bridgehead atoms. The first-order valence-electron chi connectivity index (χ1n) is 4.86. The van der Waals surface area contributed by atoms with E-state index in [-0.39, 0.29) is 0 Å². The number of benzene rings is 1. The number of anilines is 1. The maximum atomic E-state index is 7.47. The summed E-state index contributed by atoms with van der Waals surface area (Å²) in [6.07, 6.45) is 2.05. The maximum Gasteiger partial charge on any atom is 0.192 e. The van der Waals surface area contributed by atoms with Crippen LogP contribution in [0, 0.1) is 5.41 Å². The molecule has 0 atom stereocenters. The lowest BCUT2D eigenvalue weighted by atomic mass is 10.1. The van der Waals surface area contributed by atoms with Crippen LogP contribution in [0.5, 0.6) is 0 Å². The van der Waals surface area contributed by atoms with Gasteiger partial charge in [0.1, 0.15) is 0 Å². The smallest absolute Gasteiger partial charge is 0.192 e. The van der Waals surface area contributed by atoms with Crippen LogP contribution in [0.1, 0.15) is 5.56 Å². The summed E-state index contributed by atoms with van der Waals surface area (Å²) in [5.41, 5.74) is 3.28. The minimum atomic E-state index is 0.308. The van der Waals surface area contributed by atoms with Crippen molar-refractivity contribution >= 4 is 17.7 Å². The van der Waals surface area contributed by atoms with Crippen LogP contribution in [0.4, 0.5) is 5.69 Å². The molecule has 0 saturated heterocycles. The number of hydrogen-bond acceptors (Lipinski definition) is 2. The van der Waals surface area contributed by atoms with E-state index < -0.39 is 0 Å². The van der Waals surface area contributed by atoms with Crippen molar-refractivity contribution in [1.82, 2.24) is 10.6 Å². The fourth-order valence-corrected chi connectivity index (χ4v) is 1.52. The molecular weight excluding hydrogens is 188 g/mol. The number of fused-ring (bicyclic) bond motifs is 1. The van der Waals surface area contributed by atoms with Crippen molar-refractivity contribution in [1.29, 1.82) is 5.41 Å². The van der Waals surface area contributed by atoms with E-state index in [1.165, 1.54) is 0 Å². The monoisotopic (exact) mass is 202 g/mol. The Morgan fingerprint density at radius 2 is 2.20 bits per heavy atom. The van der Waals surface area contributed by atoms with Gasteiger partial charge in [-0.1, -0.05) is 18.2 Å². The van der Waals surface area contributed by atoms with Gasteiger partial charge < -0.3 is 16.0 Å². The summed E-state index contributed by atoms with van der Waals surface area (Å²) in [5, 5.41) is 16.5. The van der Waals surface area contributed by atoms with Crippen molar-refractivity contribution < 1.29 is 0 Å². The molecule has 1 aromatic rings. The Labute approximate surface area is 88.9 Å². The molecule has 0 fully saturated rings. The summed E-state index contributed by atoms with van der Waals surface area (Å²) < 4.78 is 0. The fourth-order valence-electron chi connectivity index (χ4n) is 1.52. The topological polar surface area (TPSA) is 59.9 Å². The summed E-state index contributed by atoms with van der Waals surface area (Å²) in [5.74, 6) is 0.308. The van der Waals surface area contributed by atoms with E-state index in [1.807, 2.05) is 24.3 Å². The second kappa shape index (κ2) is 4.04. The Morgan fingerprint density at radius 1 is 1.40 bits per heavy atom. The van der Waals surface area contributed by atoms with Crippen LogP contribution in [-0.2, 0) is 0 Å². The highest BCUT2D eigenvalue weighted by atomic mass is 15.1. The largest absolute Gasteiger partial charge is 0.379 e. The van der Waals surface area contributed by atoms with Crippen LogP contribution in [0.3, 0.4) is 0 Å². The van der Waals surface area contributed by atoms with Crippen molar-refractivity contribution in [2.24, 2.45) is 0 Å². The average Bonchev–Trinajstić information content (AvgIpc) is 2.29. The normalized spacial score (nSPS) is 13.3. The van der Waals surface area contributed by atoms with Crippen LogP contribution in [0.2, 0.25) is 0 Å². The third kappa shape index (κ3) is 2.10. The van der Waals surface area contributed by atoms with Gasteiger partial charge in [-0.25, -0.2) is 0 Å². The highest BCUT2D eigenvalue weighted by Crippen LogP contribution is 2.21. The highest BCUT2D eigenvalue weighted by Gasteiger charge is 2.08. The van der Waals surface area contributed by atoms with Crippen LogP contribution in [0.15, 0.2) is 30.0 Å². The highest BCUT2D eigenvalue weighted by molar-refractivity contribution is 5.81. The number of rotatable bonds is 1. The summed E-state index contributed by atoms with van der Waals surface area (Å²) in [6.45, 7) is 0.723. The van der Waals surface area contributed by atoms with Gasteiger partial charge in [-0.05, 0) is 17.7 Å². The van der Waals surface area contributed by atoms with Crippen LogP contribution < -0.4 is 16.0 Å². The van der Waals surface area contributed by atoms with Gasteiger partial charge in [0.15, 0.2) is 5.96 Å². The standard InChI is InChI=1S/C11H14N4/c1-13-11(12)15-9-6-8-4-2-3-5-10(8)14-7-9/h2-6,14H,7H2,1H3,(H3,12,13,15). The van der Waals surface area contributed by atoms with Gasteiger partial charge in [0.25, 0.3) is 0 Å². The Balaban J connectivity index is 2.18. The van der Waals surface area contributed by atoms with Crippen LogP contribution in [-0.4, -0.2) is 19.6 Å². The molecule has 0 radical (unpaired) electrons. The predicted molar refractivity (Wildman–Crippen MR) is 62.8 cm³/mol. The van der Waals surface area contributed by atoms with E-state index in [0.29, 0.717) is 5.96 Å². The molecule has 0 aliphatic carbocycles. The zero-order valence-corrected chi connectivity index (χ0v) is 8.59. The van der Waals surface area contributed by atoms with Gasteiger partial charge in [0, 0.05) is 18.4 Å². The minimum Gasteiger partial charge on any atom is -0.379 e. The molecule has 2 rings (SSSR count).